The van der Waals surface area contributed by atoms with E-state index in [9.17, 15) is 9.18 Å². The van der Waals surface area contributed by atoms with Crippen molar-refractivity contribution >= 4 is 11.8 Å². The predicted molar refractivity (Wildman–Crippen MR) is 79.1 cm³/mol. The number of nitrogens with one attached hydrogen (secondary N) is 1. The number of likely N-dealkylation sites (N-methyl/N-ethyl adjacent to an activating group) is 1. The maximum Gasteiger partial charge on any atom is 0.414 e. The number of carbonyl (C=O) groups excluding carboxylic acids is 1. The van der Waals surface area contributed by atoms with E-state index in [4.69, 9.17) is 10.00 Å². The summed E-state index contributed by atoms with van der Waals surface area (Å²) in [7, 11) is 0. The van der Waals surface area contributed by atoms with Crippen LogP contribution in [0, 0.1) is 17.1 Å². The molecule has 1 saturated heterocycles. The summed E-state index contributed by atoms with van der Waals surface area (Å²) in [5.41, 5.74) is 0.233. The number of halogens is 1. The number of amides is 1. The van der Waals surface area contributed by atoms with Gasteiger partial charge >= 0.3 is 6.09 Å². The van der Waals surface area contributed by atoms with Crippen LogP contribution in [0.3, 0.4) is 0 Å². The van der Waals surface area contributed by atoms with Crippen LogP contribution >= 0.6 is 0 Å². The van der Waals surface area contributed by atoms with Crippen LogP contribution in [0.2, 0.25) is 0 Å². The van der Waals surface area contributed by atoms with Crippen LogP contribution in [-0.2, 0) is 10.2 Å². The van der Waals surface area contributed by atoms with Gasteiger partial charge in [-0.3, -0.25) is 4.90 Å². The van der Waals surface area contributed by atoms with Crippen LogP contribution in [0.15, 0.2) is 18.2 Å². The highest BCUT2D eigenvalue weighted by atomic mass is 19.1. The Morgan fingerprint density at radius 1 is 1.55 bits per heavy atom. The molecule has 1 atom stereocenters. The molecule has 6 heteroatoms. The van der Waals surface area contributed by atoms with Gasteiger partial charge in [0.25, 0.3) is 0 Å². The number of hydrogen-bond acceptors (Lipinski definition) is 4. The van der Waals surface area contributed by atoms with Crippen LogP contribution in [-0.4, -0.2) is 31.8 Å². The molecule has 1 heterocycles. The Bertz CT molecular complexity index is 637. The predicted octanol–water partition coefficient (Wildman–Crippen LogP) is 2.32. The Morgan fingerprint density at radius 2 is 2.32 bits per heavy atom. The summed E-state index contributed by atoms with van der Waals surface area (Å²) in [6.07, 6.45) is 0.688. The van der Waals surface area contributed by atoms with Crippen molar-refractivity contribution in [2.24, 2.45) is 0 Å². The van der Waals surface area contributed by atoms with Crippen molar-refractivity contribution in [1.29, 1.82) is 5.26 Å². The highest BCUT2D eigenvalue weighted by Gasteiger charge is 2.47. The number of benzene rings is 1. The molecule has 116 valence electrons. The highest BCUT2D eigenvalue weighted by molar-refractivity contribution is 5.89. The van der Waals surface area contributed by atoms with E-state index in [1.54, 1.807) is 12.1 Å². The van der Waals surface area contributed by atoms with Crippen molar-refractivity contribution < 1.29 is 13.9 Å². The van der Waals surface area contributed by atoms with Crippen LogP contribution in [0.25, 0.3) is 0 Å². The monoisotopic (exact) mass is 303 g/mol. The molecule has 1 unspecified atom stereocenters. The first-order chi connectivity index (χ1) is 10.6. The van der Waals surface area contributed by atoms with Gasteiger partial charge in [0.2, 0.25) is 0 Å². The highest BCUT2D eigenvalue weighted by Crippen LogP contribution is 2.48. The van der Waals surface area contributed by atoms with Gasteiger partial charge in [0.15, 0.2) is 0 Å². The molecule has 1 amide bonds. The zero-order valence-corrected chi connectivity index (χ0v) is 12.4. The lowest BCUT2D eigenvalue weighted by atomic mass is 9.97. The molecule has 0 spiro atoms. The third-order valence-corrected chi connectivity index (χ3v) is 4.24. The Hall–Kier alpha value is -2.13. The lowest BCUT2D eigenvalue weighted by Gasteiger charge is -2.15. The van der Waals surface area contributed by atoms with E-state index in [0.717, 1.165) is 6.54 Å². The molecule has 2 aliphatic rings. The molecule has 0 radical (unpaired) electrons. The van der Waals surface area contributed by atoms with Crippen molar-refractivity contribution in [2.75, 3.05) is 24.5 Å². The fourth-order valence-electron chi connectivity index (χ4n) is 2.77. The summed E-state index contributed by atoms with van der Waals surface area (Å²) < 4.78 is 19.6. The molecular weight excluding hydrogens is 285 g/mol. The van der Waals surface area contributed by atoms with E-state index < -0.39 is 17.3 Å². The molecule has 1 aliphatic heterocycles. The van der Waals surface area contributed by atoms with Crippen molar-refractivity contribution in [3.05, 3.63) is 29.6 Å². The van der Waals surface area contributed by atoms with Crippen molar-refractivity contribution in [3.63, 3.8) is 0 Å². The Labute approximate surface area is 128 Å². The minimum absolute atomic E-state index is 0.232. The third kappa shape index (κ3) is 2.53. The summed E-state index contributed by atoms with van der Waals surface area (Å²) >= 11 is 0. The van der Waals surface area contributed by atoms with Gasteiger partial charge in [-0.1, -0.05) is 13.0 Å². The second kappa shape index (κ2) is 5.58. The van der Waals surface area contributed by atoms with Crippen molar-refractivity contribution in [2.45, 2.75) is 31.3 Å². The molecule has 1 aromatic carbocycles. The largest absolute Gasteiger partial charge is 0.443 e. The molecule has 3 rings (SSSR count). The van der Waals surface area contributed by atoms with Gasteiger partial charge in [-0.05, 0) is 31.5 Å². The lowest BCUT2D eigenvalue weighted by Crippen LogP contribution is -2.30. The molecule has 1 N–H and O–H groups in total. The van der Waals surface area contributed by atoms with E-state index in [2.05, 4.69) is 11.4 Å². The van der Waals surface area contributed by atoms with Gasteiger partial charge in [-0.15, -0.1) is 0 Å². The maximum absolute atomic E-state index is 14.3. The molecule has 22 heavy (non-hydrogen) atoms. The first-order valence-electron chi connectivity index (χ1n) is 7.50. The number of ether oxygens (including phenoxy) is 1. The number of nitriles is 1. The molecular formula is C16H18FN3O2. The van der Waals surface area contributed by atoms with Crippen LogP contribution in [0.5, 0.6) is 0 Å². The minimum atomic E-state index is -0.665. The smallest absolute Gasteiger partial charge is 0.414 e. The number of cyclic esters (lactones) is 1. The summed E-state index contributed by atoms with van der Waals surface area (Å²) in [5.74, 6) is -0.431. The normalized spacial score (nSPS) is 22.3. The van der Waals surface area contributed by atoms with Crippen LogP contribution in [0.4, 0.5) is 14.9 Å². The van der Waals surface area contributed by atoms with E-state index in [1.807, 2.05) is 6.92 Å². The zero-order valence-electron chi connectivity index (χ0n) is 12.4. The number of carbonyl (C=O) groups is 1. The maximum atomic E-state index is 14.3. The first kappa shape index (κ1) is 14.8. The zero-order chi connectivity index (χ0) is 15.7. The SMILES string of the molecule is CCNCC1CN(c2ccc(C3(C#N)CC3)c(F)c2)C(=O)O1. The average molecular weight is 303 g/mol. The quantitative estimate of drug-likeness (QED) is 0.906. The van der Waals surface area contributed by atoms with Gasteiger partial charge < -0.3 is 10.1 Å². The van der Waals surface area contributed by atoms with E-state index >= 15 is 0 Å². The average Bonchev–Trinajstić information content (AvgIpc) is 3.22. The van der Waals surface area contributed by atoms with Gasteiger partial charge in [0.05, 0.1) is 23.7 Å². The fourth-order valence-corrected chi connectivity index (χ4v) is 2.77. The van der Waals surface area contributed by atoms with E-state index in [0.29, 0.717) is 37.2 Å². The Balaban J connectivity index is 1.77. The number of hydrogen-bond donors (Lipinski definition) is 1. The fraction of sp³-hybridized carbons (Fsp3) is 0.500. The van der Waals surface area contributed by atoms with Crippen molar-refractivity contribution in [1.82, 2.24) is 5.32 Å². The first-order valence-corrected chi connectivity index (χ1v) is 7.50. The second-order valence-electron chi connectivity index (χ2n) is 5.78. The molecule has 2 fully saturated rings. The summed E-state index contributed by atoms with van der Waals surface area (Å²) in [6.45, 7) is 3.75. The molecule has 5 nitrogen and oxygen atoms in total. The molecule has 1 aliphatic carbocycles. The molecule has 0 aromatic heterocycles. The van der Waals surface area contributed by atoms with Crippen molar-refractivity contribution in [3.8, 4) is 6.07 Å². The van der Waals surface area contributed by atoms with Crippen LogP contribution in [0.1, 0.15) is 25.3 Å². The summed E-state index contributed by atoms with van der Waals surface area (Å²) in [6, 6.07) is 6.81. The second-order valence-corrected chi connectivity index (χ2v) is 5.78. The standard InChI is InChI=1S/C16H18FN3O2/c1-2-19-8-12-9-20(15(21)22-12)11-3-4-13(14(17)7-11)16(10-18)5-6-16/h3-4,7,12,19H,2,5-6,8-9H2,1H3. The molecule has 1 aromatic rings. The van der Waals surface area contributed by atoms with E-state index in [-0.39, 0.29) is 6.10 Å². The lowest BCUT2D eigenvalue weighted by molar-refractivity contribution is 0.140. The third-order valence-electron chi connectivity index (χ3n) is 4.24. The number of anilines is 1. The van der Waals surface area contributed by atoms with E-state index in [1.165, 1.54) is 11.0 Å². The van der Waals surface area contributed by atoms with Gasteiger partial charge in [0.1, 0.15) is 11.9 Å². The van der Waals surface area contributed by atoms with Gasteiger partial charge in [-0.25, -0.2) is 9.18 Å². The summed E-state index contributed by atoms with van der Waals surface area (Å²) in [4.78, 5) is 13.3. The summed E-state index contributed by atoms with van der Waals surface area (Å²) in [5, 5.41) is 12.3. The van der Waals surface area contributed by atoms with Gasteiger partial charge in [-0.2, -0.15) is 5.26 Å². The Kier molecular flexibility index (Phi) is 3.75. The minimum Gasteiger partial charge on any atom is -0.443 e. The Morgan fingerprint density at radius 3 is 2.91 bits per heavy atom. The topological polar surface area (TPSA) is 65.4 Å². The molecule has 0 bridgehead atoms. The van der Waals surface area contributed by atoms with Gasteiger partial charge in [0, 0.05) is 12.1 Å². The van der Waals surface area contributed by atoms with Crippen LogP contribution < -0.4 is 10.2 Å². The number of nitrogens with zero attached hydrogens (tertiary/aromatic N) is 2. The molecule has 1 saturated carbocycles. The number of rotatable bonds is 5.